The molecule has 1 unspecified atom stereocenters. The molecule has 1 saturated heterocycles. The van der Waals surface area contributed by atoms with Crippen molar-refractivity contribution < 1.29 is 22.8 Å². The SMILES string of the molecule is O=C(Nc1cnn(Cc2cn3ccccc3n2)c1)C1CC(=O)N(Cc2cccc(C(F)(F)F)c2)C1. The minimum Gasteiger partial charge on any atom is -0.338 e. The van der Waals surface area contributed by atoms with Gasteiger partial charge in [-0.1, -0.05) is 18.2 Å². The minimum absolute atomic E-state index is 0.000178. The third-order valence-electron chi connectivity index (χ3n) is 5.85. The first-order chi connectivity index (χ1) is 16.7. The molecule has 11 heteroatoms. The Morgan fingerprint density at radius 3 is 2.77 bits per heavy atom. The Bertz CT molecular complexity index is 1360. The fourth-order valence-electron chi connectivity index (χ4n) is 4.16. The second-order valence-corrected chi connectivity index (χ2v) is 8.49. The largest absolute Gasteiger partial charge is 0.416 e. The van der Waals surface area contributed by atoms with Gasteiger partial charge in [0.25, 0.3) is 0 Å². The van der Waals surface area contributed by atoms with E-state index < -0.39 is 17.7 Å². The predicted molar refractivity (Wildman–Crippen MR) is 120 cm³/mol. The first kappa shape index (κ1) is 22.6. The third kappa shape index (κ3) is 5.03. The van der Waals surface area contributed by atoms with Gasteiger partial charge in [0.05, 0.1) is 35.6 Å². The number of aromatic nitrogens is 4. The summed E-state index contributed by atoms with van der Waals surface area (Å²) in [7, 11) is 0. The zero-order valence-corrected chi connectivity index (χ0v) is 18.4. The Balaban J connectivity index is 1.18. The Morgan fingerprint density at radius 1 is 1.11 bits per heavy atom. The normalized spacial score (nSPS) is 16.3. The highest BCUT2D eigenvalue weighted by atomic mass is 19.4. The predicted octanol–water partition coefficient (Wildman–Crippen LogP) is 3.59. The molecule has 0 radical (unpaired) electrons. The average molecular weight is 482 g/mol. The Hall–Kier alpha value is -4.15. The number of halogens is 3. The number of benzene rings is 1. The molecular formula is C24H21F3N6O2. The summed E-state index contributed by atoms with van der Waals surface area (Å²) < 4.78 is 42.4. The lowest BCUT2D eigenvalue weighted by molar-refractivity contribution is -0.137. The van der Waals surface area contributed by atoms with Crippen molar-refractivity contribution in [3.63, 3.8) is 0 Å². The van der Waals surface area contributed by atoms with Crippen molar-refractivity contribution in [2.75, 3.05) is 11.9 Å². The molecule has 1 fully saturated rings. The van der Waals surface area contributed by atoms with Crippen LogP contribution in [0, 0.1) is 5.92 Å². The van der Waals surface area contributed by atoms with Crippen molar-refractivity contribution >= 4 is 23.1 Å². The van der Waals surface area contributed by atoms with Gasteiger partial charge in [-0.15, -0.1) is 0 Å². The van der Waals surface area contributed by atoms with Crippen LogP contribution in [-0.2, 0) is 28.9 Å². The first-order valence-corrected chi connectivity index (χ1v) is 10.9. The van der Waals surface area contributed by atoms with E-state index in [4.69, 9.17) is 0 Å². The Morgan fingerprint density at radius 2 is 1.97 bits per heavy atom. The van der Waals surface area contributed by atoms with E-state index >= 15 is 0 Å². The second-order valence-electron chi connectivity index (χ2n) is 8.49. The highest BCUT2D eigenvalue weighted by molar-refractivity contribution is 5.97. The van der Waals surface area contributed by atoms with E-state index in [-0.39, 0.29) is 31.3 Å². The standard InChI is InChI=1S/C24H21F3N6O2/c25-24(26,27)18-5-3-4-16(8-18)11-32-12-17(9-22(32)34)23(35)30-19-10-28-33(14-19)15-20-13-31-7-2-1-6-21(31)29-20/h1-8,10,13-14,17H,9,11-12,15H2,(H,30,35). The van der Waals surface area contributed by atoms with Gasteiger partial charge < -0.3 is 14.6 Å². The second kappa shape index (κ2) is 8.90. The van der Waals surface area contributed by atoms with Crippen LogP contribution < -0.4 is 5.32 Å². The van der Waals surface area contributed by atoms with Crippen LogP contribution >= 0.6 is 0 Å². The van der Waals surface area contributed by atoms with Gasteiger partial charge in [-0.25, -0.2) is 4.98 Å². The molecule has 3 aromatic heterocycles. The lowest BCUT2D eigenvalue weighted by atomic mass is 10.1. The number of rotatable bonds is 6. The van der Waals surface area contributed by atoms with Crippen LogP contribution in [0.3, 0.4) is 0 Å². The summed E-state index contributed by atoms with van der Waals surface area (Å²) >= 11 is 0. The van der Waals surface area contributed by atoms with Gasteiger partial charge in [0.15, 0.2) is 0 Å². The summed E-state index contributed by atoms with van der Waals surface area (Å²) in [6.07, 6.45) is 2.55. The maximum Gasteiger partial charge on any atom is 0.416 e. The fourth-order valence-corrected chi connectivity index (χ4v) is 4.16. The molecule has 4 heterocycles. The van der Waals surface area contributed by atoms with Crippen molar-refractivity contribution in [3.05, 3.63) is 84.1 Å². The maximum absolute atomic E-state index is 13.0. The zero-order chi connectivity index (χ0) is 24.6. The number of nitrogens with zero attached hydrogens (tertiary/aromatic N) is 5. The van der Waals surface area contributed by atoms with Crippen molar-refractivity contribution in [1.29, 1.82) is 0 Å². The van der Waals surface area contributed by atoms with Crippen molar-refractivity contribution in [3.8, 4) is 0 Å². The van der Waals surface area contributed by atoms with Crippen LogP contribution in [0.15, 0.2) is 67.3 Å². The van der Waals surface area contributed by atoms with Gasteiger partial charge in [0, 0.05) is 38.1 Å². The quantitative estimate of drug-likeness (QED) is 0.455. The van der Waals surface area contributed by atoms with Crippen molar-refractivity contribution in [2.24, 2.45) is 5.92 Å². The number of hydrogen-bond donors (Lipinski definition) is 1. The maximum atomic E-state index is 13.0. The van der Waals surface area contributed by atoms with E-state index in [9.17, 15) is 22.8 Å². The molecule has 35 heavy (non-hydrogen) atoms. The number of hydrogen-bond acceptors (Lipinski definition) is 4. The summed E-state index contributed by atoms with van der Waals surface area (Å²) in [5.41, 5.74) is 1.72. The van der Waals surface area contributed by atoms with E-state index in [1.165, 1.54) is 23.2 Å². The lowest BCUT2D eigenvalue weighted by Crippen LogP contribution is -2.28. The van der Waals surface area contributed by atoms with E-state index in [1.807, 2.05) is 35.0 Å². The number of anilines is 1. The number of nitrogens with one attached hydrogen (secondary N) is 1. The monoisotopic (exact) mass is 482 g/mol. The van der Waals surface area contributed by atoms with Gasteiger partial charge in [-0.3, -0.25) is 14.3 Å². The molecule has 2 amide bonds. The first-order valence-electron chi connectivity index (χ1n) is 10.9. The number of likely N-dealkylation sites (tertiary alicyclic amines) is 1. The van der Waals surface area contributed by atoms with Crippen LogP contribution in [0.5, 0.6) is 0 Å². The van der Waals surface area contributed by atoms with Crippen LogP contribution in [0.4, 0.5) is 18.9 Å². The Kier molecular flexibility index (Phi) is 5.75. The molecule has 1 aromatic carbocycles. The van der Waals surface area contributed by atoms with E-state index in [1.54, 1.807) is 10.9 Å². The molecule has 0 spiro atoms. The number of fused-ring (bicyclic) bond motifs is 1. The highest BCUT2D eigenvalue weighted by Gasteiger charge is 2.35. The molecular weight excluding hydrogens is 461 g/mol. The molecule has 1 N–H and O–H groups in total. The number of carbonyl (C=O) groups excluding carboxylic acids is 2. The minimum atomic E-state index is -4.46. The fraction of sp³-hybridized carbons (Fsp3) is 0.250. The van der Waals surface area contributed by atoms with Gasteiger partial charge in [0.2, 0.25) is 11.8 Å². The number of alkyl halides is 3. The number of amides is 2. The van der Waals surface area contributed by atoms with Crippen LogP contribution in [0.1, 0.15) is 23.2 Å². The smallest absolute Gasteiger partial charge is 0.338 e. The van der Waals surface area contributed by atoms with Gasteiger partial charge >= 0.3 is 6.18 Å². The lowest BCUT2D eigenvalue weighted by Gasteiger charge is -2.17. The highest BCUT2D eigenvalue weighted by Crippen LogP contribution is 2.30. The van der Waals surface area contributed by atoms with E-state index in [0.29, 0.717) is 17.8 Å². The van der Waals surface area contributed by atoms with Gasteiger partial charge in [-0.05, 0) is 29.8 Å². The van der Waals surface area contributed by atoms with Crippen molar-refractivity contribution in [1.82, 2.24) is 24.1 Å². The zero-order valence-electron chi connectivity index (χ0n) is 18.4. The van der Waals surface area contributed by atoms with Crippen molar-refractivity contribution in [2.45, 2.75) is 25.7 Å². The molecule has 0 saturated carbocycles. The van der Waals surface area contributed by atoms with Crippen LogP contribution in [0.25, 0.3) is 5.65 Å². The summed E-state index contributed by atoms with van der Waals surface area (Å²) in [5, 5.41) is 7.03. The molecule has 180 valence electrons. The van der Waals surface area contributed by atoms with E-state index in [0.717, 1.165) is 23.5 Å². The number of carbonyl (C=O) groups is 2. The molecule has 1 aliphatic rings. The molecule has 0 aliphatic carbocycles. The van der Waals surface area contributed by atoms with Crippen LogP contribution in [0.2, 0.25) is 0 Å². The summed E-state index contributed by atoms with van der Waals surface area (Å²) in [4.78, 5) is 31.1. The third-order valence-corrected chi connectivity index (χ3v) is 5.85. The average Bonchev–Trinajstić information content (AvgIpc) is 3.52. The molecule has 1 aliphatic heterocycles. The van der Waals surface area contributed by atoms with Gasteiger partial charge in [0.1, 0.15) is 5.65 Å². The molecule has 0 bridgehead atoms. The summed E-state index contributed by atoms with van der Waals surface area (Å²) in [6.45, 7) is 0.573. The number of imidazole rings is 1. The summed E-state index contributed by atoms with van der Waals surface area (Å²) in [6, 6.07) is 10.6. The molecule has 4 aromatic rings. The van der Waals surface area contributed by atoms with E-state index in [2.05, 4.69) is 15.4 Å². The molecule has 5 rings (SSSR count). The number of pyridine rings is 1. The Labute approximate surface area is 198 Å². The van der Waals surface area contributed by atoms with Gasteiger partial charge in [-0.2, -0.15) is 18.3 Å². The summed E-state index contributed by atoms with van der Waals surface area (Å²) in [5.74, 6) is -1.21. The molecule has 8 nitrogen and oxygen atoms in total. The van der Waals surface area contributed by atoms with Crippen LogP contribution in [-0.4, -0.2) is 42.4 Å². The molecule has 1 atom stereocenters. The topological polar surface area (TPSA) is 84.5 Å².